The van der Waals surface area contributed by atoms with Crippen LogP contribution in [0.15, 0.2) is 12.2 Å². The minimum absolute atomic E-state index is 0.207. The lowest BCUT2D eigenvalue weighted by atomic mass is 9.99. The Balaban J connectivity index is 4.40. The summed E-state index contributed by atoms with van der Waals surface area (Å²) in [6, 6.07) is 0. The molecule has 0 spiro atoms. The zero-order chi connectivity index (χ0) is 9.89. The molecule has 0 amide bonds. The predicted molar refractivity (Wildman–Crippen MR) is 48.9 cm³/mol. The Morgan fingerprint density at radius 2 is 1.83 bits per heavy atom. The number of ketones is 1. The Morgan fingerprint density at radius 3 is 2.08 bits per heavy atom. The molecule has 0 aromatic carbocycles. The maximum atomic E-state index is 11.1. The van der Waals surface area contributed by atoms with E-state index < -0.39 is 16.6 Å². The number of aliphatic hydroxyl groups excluding tert-OH is 1. The summed E-state index contributed by atoms with van der Waals surface area (Å²) < 4.78 is -0.577. The first-order valence-corrected chi connectivity index (χ1v) is 4.28. The van der Waals surface area contributed by atoms with Gasteiger partial charge in [0.05, 0.1) is 5.57 Å². The van der Waals surface area contributed by atoms with Crippen molar-refractivity contribution in [3.05, 3.63) is 12.2 Å². The molecule has 0 fully saturated rings. The third-order valence-corrected chi connectivity index (χ3v) is 1.91. The standard InChI is InChI=1S/C8H11BrO3/c1-4(2)6(10)7(11)5(3)8(9)12/h4,6,10H,3H2,1-2H3/t6-/m0/s1. The highest BCUT2D eigenvalue weighted by Gasteiger charge is 2.23. The fraction of sp³-hybridized carbons (Fsp3) is 0.500. The summed E-state index contributed by atoms with van der Waals surface area (Å²) in [5.41, 5.74) is -0.212. The monoisotopic (exact) mass is 234 g/mol. The lowest BCUT2D eigenvalue weighted by molar-refractivity contribution is -0.126. The molecule has 4 heteroatoms. The van der Waals surface area contributed by atoms with E-state index in [-0.39, 0.29) is 11.5 Å². The largest absolute Gasteiger partial charge is 0.385 e. The number of hydrogen-bond acceptors (Lipinski definition) is 3. The molecule has 0 unspecified atom stereocenters. The van der Waals surface area contributed by atoms with Gasteiger partial charge in [-0.25, -0.2) is 0 Å². The molecular weight excluding hydrogens is 224 g/mol. The summed E-state index contributed by atoms with van der Waals surface area (Å²) in [5.74, 6) is -0.826. The highest BCUT2D eigenvalue weighted by Crippen LogP contribution is 2.10. The SMILES string of the molecule is C=C(C(=O)Br)C(=O)[C@@H](O)C(C)C. The van der Waals surface area contributed by atoms with Crippen molar-refractivity contribution in [2.45, 2.75) is 20.0 Å². The van der Waals surface area contributed by atoms with Crippen molar-refractivity contribution in [2.75, 3.05) is 0 Å². The lowest BCUT2D eigenvalue weighted by Gasteiger charge is -2.12. The minimum atomic E-state index is -1.14. The molecule has 0 aliphatic heterocycles. The second-order valence-corrected chi connectivity index (χ2v) is 3.53. The Kier molecular flexibility index (Phi) is 4.34. The third kappa shape index (κ3) is 2.87. The molecule has 3 nitrogen and oxygen atoms in total. The van der Waals surface area contributed by atoms with Gasteiger partial charge in [0.25, 0.3) is 0 Å². The molecule has 1 N–H and O–H groups in total. The predicted octanol–water partition coefficient (Wildman–Crippen LogP) is 1.05. The smallest absolute Gasteiger partial charge is 0.231 e. The van der Waals surface area contributed by atoms with E-state index in [1.165, 1.54) is 0 Å². The van der Waals surface area contributed by atoms with Gasteiger partial charge in [0.2, 0.25) is 4.69 Å². The Hall–Kier alpha value is -0.480. The summed E-state index contributed by atoms with van der Waals surface area (Å²) in [5, 5.41) is 9.23. The van der Waals surface area contributed by atoms with Gasteiger partial charge in [0.15, 0.2) is 5.78 Å². The number of hydrogen-bond donors (Lipinski definition) is 1. The second-order valence-electron chi connectivity index (χ2n) is 2.81. The van der Waals surface area contributed by atoms with Crippen LogP contribution in [-0.2, 0) is 9.59 Å². The maximum absolute atomic E-state index is 11.1. The average molecular weight is 235 g/mol. The molecular formula is C8H11BrO3. The van der Waals surface area contributed by atoms with Gasteiger partial charge in [-0.1, -0.05) is 20.4 Å². The van der Waals surface area contributed by atoms with Gasteiger partial charge in [-0.3, -0.25) is 9.59 Å². The minimum Gasteiger partial charge on any atom is -0.385 e. The van der Waals surface area contributed by atoms with Crippen molar-refractivity contribution < 1.29 is 14.7 Å². The molecule has 0 radical (unpaired) electrons. The summed E-state index contributed by atoms with van der Waals surface area (Å²) in [6.45, 7) is 6.63. The Morgan fingerprint density at radius 1 is 1.42 bits per heavy atom. The zero-order valence-electron chi connectivity index (χ0n) is 7.00. The number of carbonyl (C=O) groups excluding carboxylic acids is 2. The van der Waals surface area contributed by atoms with Gasteiger partial charge in [0.1, 0.15) is 6.10 Å². The van der Waals surface area contributed by atoms with Crippen LogP contribution >= 0.6 is 15.9 Å². The fourth-order valence-corrected chi connectivity index (χ4v) is 0.774. The first-order chi connectivity index (χ1) is 5.37. The number of aliphatic hydroxyl groups is 1. The van der Waals surface area contributed by atoms with Crippen molar-refractivity contribution >= 4 is 26.4 Å². The molecule has 68 valence electrons. The van der Waals surface area contributed by atoms with E-state index in [1.807, 2.05) is 0 Å². The molecule has 12 heavy (non-hydrogen) atoms. The van der Waals surface area contributed by atoms with Crippen molar-refractivity contribution in [1.82, 2.24) is 0 Å². The van der Waals surface area contributed by atoms with E-state index >= 15 is 0 Å². The molecule has 0 bridgehead atoms. The van der Waals surface area contributed by atoms with Gasteiger partial charge in [-0.2, -0.15) is 0 Å². The molecule has 0 aromatic rings. The molecule has 0 aromatic heterocycles. The molecule has 1 atom stereocenters. The summed E-state index contributed by atoms with van der Waals surface area (Å²) in [6.07, 6.45) is -1.14. The number of halogens is 1. The molecule has 0 saturated carbocycles. The topological polar surface area (TPSA) is 54.4 Å². The summed E-state index contributed by atoms with van der Waals surface area (Å²) in [7, 11) is 0. The fourth-order valence-electron chi connectivity index (χ4n) is 0.578. The van der Waals surface area contributed by atoms with Crippen molar-refractivity contribution in [2.24, 2.45) is 5.92 Å². The van der Waals surface area contributed by atoms with E-state index in [0.717, 1.165) is 0 Å². The van der Waals surface area contributed by atoms with Gasteiger partial charge in [-0.05, 0) is 21.8 Å². The third-order valence-electron chi connectivity index (χ3n) is 1.43. The van der Waals surface area contributed by atoms with Crippen LogP contribution in [-0.4, -0.2) is 21.7 Å². The van der Waals surface area contributed by atoms with Gasteiger partial charge < -0.3 is 5.11 Å². The quantitative estimate of drug-likeness (QED) is 0.343. The van der Waals surface area contributed by atoms with E-state index in [1.54, 1.807) is 13.8 Å². The first-order valence-electron chi connectivity index (χ1n) is 3.49. The van der Waals surface area contributed by atoms with Crippen LogP contribution in [0.25, 0.3) is 0 Å². The van der Waals surface area contributed by atoms with Crippen molar-refractivity contribution in [3.8, 4) is 0 Å². The van der Waals surface area contributed by atoms with Gasteiger partial charge >= 0.3 is 0 Å². The van der Waals surface area contributed by atoms with Crippen molar-refractivity contribution in [1.29, 1.82) is 0 Å². The Bertz CT molecular complexity index is 220. The van der Waals surface area contributed by atoms with Crippen LogP contribution in [0, 0.1) is 5.92 Å². The summed E-state index contributed by atoms with van der Waals surface area (Å²) in [4.78, 5) is 21.7. The molecule has 0 heterocycles. The van der Waals surface area contributed by atoms with Crippen LogP contribution in [0.2, 0.25) is 0 Å². The van der Waals surface area contributed by atoms with E-state index in [0.29, 0.717) is 0 Å². The normalized spacial score (nSPS) is 12.8. The highest BCUT2D eigenvalue weighted by molar-refractivity contribution is 9.18. The second kappa shape index (κ2) is 4.52. The Labute approximate surface area is 79.6 Å². The van der Waals surface area contributed by atoms with Crippen LogP contribution in [0.3, 0.4) is 0 Å². The zero-order valence-corrected chi connectivity index (χ0v) is 8.59. The van der Waals surface area contributed by atoms with Crippen LogP contribution in [0.5, 0.6) is 0 Å². The molecule has 0 aliphatic rings. The average Bonchev–Trinajstić information content (AvgIpc) is 2.00. The van der Waals surface area contributed by atoms with E-state index in [2.05, 4.69) is 22.5 Å². The maximum Gasteiger partial charge on any atom is 0.231 e. The number of Topliss-reactive ketones (excluding diaryl/α,β-unsaturated/α-hetero) is 1. The van der Waals surface area contributed by atoms with Crippen molar-refractivity contribution in [3.63, 3.8) is 0 Å². The molecule has 0 rings (SSSR count). The van der Waals surface area contributed by atoms with E-state index in [9.17, 15) is 14.7 Å². The molecule has 0 saturated heterocycles. The van der Waals surface area contributed by atoms with Crippen LogP contribution in [0.1, 0.15) is 13.8 Å². The van der Waals surface area contributed by atoms with Gasteiger partial charge in [-0.15, -0.1) is 0 Å². The number of rotatable bonds is 4. The molecule has 0 aliphatic carbocycles. The van der Waals surface area contributed by atoms with Crippen LogP contribution < -0.4 is 0 Å². The summed E-state index contributed by atoms with van der Waals surface area (Å²) >= 11 is 2.59. The van der Waals surface area contributed by atoms with E-state index in [4.69, 9.17) is 0 Å². The number of carbonyl (C=O) groups is 2. The van der Waals surface area contributed by atoms with Gasteiger partial charge in [0, 0.05) is 0 Å². The first kappa shape index (κ1) is 11.5. The lowest BCUT2D eigenvalue weighted by Crippen LogP contribution is -2.28. The highest BCUT2D eigenvalue weighted by atomic mass is 79.9. The van der Waals surface area contributed by atoms with Crippen LogP contribution in [0.4, 0.5) is 0 Å².